The van der Waals surface area contributed by atoms with Gasteiger partial charge in [-0.1, -0.05) is 0 Å². The van der Waals surface area contributed by atoms with Crippen molar-refractivity contribution in [2.24, 2.45) is 0 Å². The Labute approximate surface area is 115 Å². The number of hydrogen-bond acceptors (Lipinski definition) is 11. The summed E-state index contributed by atoms with van der Waals surface area (Å²) in [6.45, 7) is 0. The quantitative estimate of drug-likeness (QED) is 0.185. The first-order valence-electron chi connectivity index (χ1n) is 2.13. The van der Waals surface area contributed by atoms with Gasteiger partial charge < -0.3 is 42.1 Å². The average molecular weight is 401 g/mol. The Bertz CT molecular complexity index is 316. The van der Waals surface area contributed by atoms with Crippen LogP contribution in [-0.2, 0) is 62.8 Å². The maximum atomic E-state index is 9.32. The number of hydrogen-bond donors (Lipinski definition) is 0. The normalized spacial score (nSPS) is 11.4. The summed E-state index contributed by atoms with van der Waals surface area (Å²) in [5.74, 6) is 0. The maximum absolute atomic E-state index is 9.32. The topological polar surface area (TPSA) is 216 Å². The summed E-state index contributed by atoms with van der Waals surface area (Å²) in [4.78, 5) is 37.3. The zero-order valence-corrected chi connectivity index (χ0v) is 15.7. The molecule has 0 bridgehead atoms. The Balaban J connectivity index is -0.0000000904. The van der Waals surface area contributed by atoms with E-state index in [4.69, 9.17) is 17.5 Å². The van der Waals surface area contributed by atoms with E-state index in [1.54, 1.807) is 0 Å². The van der Waals surface area contributed by atoms with E-state index in [9.17, 15) is 28.7 Å². The Kier molecular flexibility index (Phi) is 15.2. The van der Waals surface area contributed by atoms with Gasteiger partial charge in [0.1, 0.15) is 0 Å². The van der Waals surface area contributed by atoms with Crippen LogP contribution < -0.4 is 19.6 Å². The molecule has 0 rings (SSSR count). The van der Waals surface area contributed by atoms with E-state index in [0.717, 1.165) is 0 Å². The second kappa shape index (κ2) is 9.33. The maximum Gasteiger partial charge on any atom is 2.00 e. The molecule has 0 fully saturated rings. The molecule has 0 aliphatic carbocycles. The van der Waals surface area contributed by atoms with Crippen molar-refractivity contribution in [1.29, 1.82) is 0 Å². The molecule has 0 spiro atoms. The van der Waals surface area contributed by atoms with E-state index in [-0.39, 0.29) is 39.0 Å². The second-order valence-corrected chi connectivity index (χ2v) is 4.64. The summed E-state index contributed by atoms with van der Waals surface area (Å²) >= 11 is 0. The van der Waals surface area contributed by atoms with Crippen LogP contribution in [0.4, 0.5) is 0 Å². The molecule has 0 atom stereocenters. The van der Waals surface area contributed by atoms with Gasteiger partial charge in [-0.05, 0) is 0 Å². The van der Waals surface area contributed by atoms with Crippen molar-refractivity contribution in [3.05, 3.63) is 0 Å². The van der Waals surface area contributed by atoms with E-state index in [0.29, 0.717) is 0 Å². The molecule has 0 heterocycles. The zero-order valence-electron chi connectivity index (χ0n) is 7.21. The van der Waals surface area contributed by atoms with Crippen molar-refractivity contribution in [3.8, 4) is 0 Å². The van der Waals surface area contributed by atoms with E-state index in [1.807, 2.05) is 0 Å². The fourth-order valence-corrected chi connectivity index (χ4v) is 1.10. The summed E-state index contributed by atoms with van der Waals surface area (Å²) in [6.07, 6.45) is 0. The van der Waals surface area contributed by atoms with E-state index in [2.05, 4.69) is 4.31 Å². The third-order valence-electron chi connectivity index (χ3n) is 0.200. The third kappa shape index (κ3) is 58.4. The first-order valence-corrected chi connectivity index (χ1v) is 6.38. The predicted octanol–water partition coefficient (Wildman–Crippen LogP) is -4.68. The van der Waals surface area contributed by atoms with Crippen molar-refractivity contribution < 1.29 is 89.5 Å². The fraction of sp³-hybridized carbons (Fsp3) is 0. The van der Waals surface area contributed by atoms with E-state index < -0.39 is 26.0 Å². The summed E-state index contributed by atoms with van der Waals surface area (Å²) in [5.41, 5.74) is 0. The molecule has 16 heavy (non-hydrogen) atoms. The molecule has 0 amide bonds. The van der Waals surface area contributed by atoms with Gasteiger partial charge in [-0.15, -0.1) is 0 Å². The minimum absolute atomic E-state index is 0. The first kappa shape index (κ1) is 26.0. The van der Waals surface area contributed by atoms with Gasteiger partial charge in [-0.25, -0.2) is 0 Å². The van der Waals surface area contributed by atoms with Crippen LogP contribution in [0.5, 0.6) is 0 Å². The van der Waals surface area contributed by atoms with Crippen LogP contribution in [0.3, 0.4) is 0 Å². The van der Waals surface area contributed by atoms with Crippen LogP contribution in [0.15, 0.2) is 0 Å². The molecular weight excluding hydrogens is 401 g/mol. The SMILES string of the molecule is O=P([O-])([O-])OP(=O)([O-])[O-].O=S(=O)([O-])[O-].[Zn+2].[Zn+2]. The summed E-state index contributed by atoms with van der Waals surface area (Å²) in [6, 6.07) is 0. The average Bonchev–Trinajstić information content (AvgIpc) is 1.42. The molecule has 0 saturated carbocycles. The van der Waals surface area contributed by atoms with Crippen LogP contribution in [-0.4, -0.2) is 17.5 Å². The van der Waals surface area contributed by atoms with Gasteiger partial charge >= 0.3 is 39.0 Å². The molecule has 0 radical (unpaired) electrons. The molecule has 0 aliphatic rings. The Morgan fingerprint density at radius 2 is 0.938 bits per heavy atom. The van der Waals surface area contributed by atoms with Gasteiger partial charge in [0.2, 0.25) is 0 Å². The molecule has 0 aromatic rings. The smallest absolute Gasteiger partial charge is 0.790 e. The minimum atomic E-state index is -5.68. The van der Waals surface area contributed by atoms with Crippen molar-refractivity contribution in [1.82, 2.24) is 0 Å². The Hall–Kier alpha value is 1.38. The van der Waals surface area contributed by atoms with Gasteiger partial charge in [0.25, 0.3) is 0 Å². The van der Waals surface area contributed by atoms with Crippen molar-refractivity contribution in [3.63, 3.8) is 0 Å². The van der Waals surface area contributed by atoms with Crippen LogP contribution in [0, 0.1) is 0 Å². The van der Waals surface area contributed by atoms with Crippen LogP contribution in [0.25, 0.3) is 0 Å². The molecule has 0 N–H and O–H groups in total. The van der Waals surface area contributed by atoms with Gasteiger partial charge in [0.15, 0.2) is 0 Å². The number of phosphoric acid groups is 2. The molecule has 0 unspecified atom stereocenters. The monoisotopic (exact) mass is 398 g/mol. The molecule has 16 heteroatoms. The number of rotatable bonds is 2. The first-order chi connectivity index (χ1) is 5.71. The summed E-state index contributed by atoms with van der Waals surface area (Å²) in [7, 11) is -16.5. The van der Waals surface area contributed by atoms with E-state index >= 15 is 0 Å². The standard InChI is InChI=1S/H4O7P2.H2O4S.2Zn/c1-8(2,3)7-9(4,5)6;1-5(2,3)4;;/h(H2,1,2,3)(H2,4,5,6);(H2,1,2,3,4);;/q;;2*+2/p-6. The van der Waals surface area contributed by atoms with Gasteiger partial charge in [0, 0.05) is 10.4 Å². The van der Waals surface area contributed by atoms with Crippen LogP contribution in [0.1, 0.15) is 0 Å². The Morgan fingerprint density at radius 1 is 0.812 bits per heavy atom. The fourth-order valence-electron chi connectivity index (χ4n) is 0.122. The molecule has 0 aromatic heterocycles. The van der Waals surface area contributed by atoms with Crippen molar-refractivity contribution in [2.45, 2.75) is 0 Å². The van der Waals surface area contributed by atoms with Gasteiger partial charge in [-0.2, -0.15) is 0 Å². The molecule has 0 aliphatic heterocycles. The predicted molar refractivity (Wildman–Crippen MR) is 26.8 cm³/mol. The van der Waals surface area contributed by atoms with Crippen LogP contribution >= 0.6 is 15.6 Å². The van der Waals surface area contributed by atoms with Crippen LogP contribution in [0.2, 0.25) is 0 Å². The van der Waals surface area contributed by atoms with Crippen molar-refractivity contribution in [2.75, 3.05) is 0 Å². The zero-order chi connectivity index (χ0) is 12.2. The second-order valence-electron chi connectivity index (χ2n) is 1.38. The Morgan fingerprint density at radius 3 is 0.938 bits per heavy atom. The van der Waals surface area contributed by atoms with Gasteiger partial charge in [0.05, 0.1) is 15.6 Å². The summed E-state index contributed by atoms with van der Waals surface area (Å²) < 4.78 is 55.2. The summed E-state index contributed by atoms with van der Waals surface area (Å²) in [5, 5.41) is 0. The molecule has 88 valence electrons. The van der Waals surface area contributed by atoms with E-state index in [1.165, 1.54) is 0 Å². The molecular formula is O11P2SZn2-2. The minimum Gasteiger partial charge on any atom is -0.790 e. The third-order valence-corrected chi connectivity index (χ3v) is 1.80. The van der Waals surface area contributed by atoms with Crippen molar-refractivity contribution >= 4 is 26.0 Å². The molecule has 11 nitrogen and oxygen atoms in total. The molecule has 0 saturated heterocycles. The molecule has 0 aromatic carbocycles. The largest absolute Gasteiger partial charge is 2.00 e. The van der Waals surface area contributed by atoms with Gasteiger partial charge in [-0.3, -0.25) is 8.42 Å².